The predicted molar refractivity (Wildman–Crippen MR) is 132 cm³/mol. The van der Waals surface area contributed by atoms with Crippen LogP contribution in [0.25, 0.3) is 0 Å². The smallest absolute Gasteiger partial charge is 0.412 e. The number of nitrogen functional groups attached to an aromatic ring is 1. The lowest BCUT2D eigenvalue weighted by Gasteiger charge is -2.18. The number of phenolic OH excluding ortho intramolecular Hbond substituents is 1. The van der Waals surface area contributed by atoms with Crippen LogP contribution in [0.2, 0.25) is 0 Å². The van der Waals surface area contributed by atoms with Crippen molar-refractivity contribution in [1.82, 2.24) is 0 Å². The molecule has 0 unspecified atom stereocenters. The summed E-state index contributed by atoms with van der Waals surface area (Å²) in [5.41, 5.74) is 7.57. The quantitative estimate of drug-likeness (QED) is 0.186. The molecule has 0 fully saturated rings. The Morgan fingerprint density at radius 3 is 2.53 bits per heavy atom. The molecule has 0 spiro atoms. The van der Waals surface area contributed by atoms with E-state index in [9.17, 15) is 19.1 Å². The Morgan fingerprint density at radius 1 is 1.12 bits per heavy atom. The summed E-state index contributed by atoms with van der Waals surface area (Å²) in [6, 6.07) is 17.7. The van der Waals surface area contributed by atoms with Crippen LogP contribution in [0.4, 0.5) is 26.2 Å². The zero-order valence-electron chi connectivity index (χ0n) is 18.3. The summed E-state index contributed by atoms with van der Waals surface area (Å²) in [5.74, 6) is -1.79. The minimum atomic E-state index is -0.911. The molecule has 0 aliphatic heterocycles. The van der Waals surface area contributed by atoms with Gasteiger partial charge in [-0.15, -0.1) is 11.8 Å². The highest BCUT2D eigenvalue weighted by Gasteiger charge is 2.18. The van der Waals surface area contributed by atoms with Crippen molar-refractivity contribution in [2.24, 2.45) is 0 Å². The van der Waals surface area contributed by atoms with Gasteiger partial charge in [0.25, 0.3) is 0 Å². The minimum absolute atomic E-state index is 0.0841. The van der Waals surface area contributed by atoms with Gasteiger partial charge in [-0.3, -0.25) is 10.1 Å². The van der Waals surface area contributed by atoms with Gasteiger partial charge < -0.3 is 20.9 Å². The van der Waals surface area contributed by atoms with Gasteiger partial charge in [0.05, 0.1) is 11.4 Å². The van der Waals surface area contributed by atoms with E-state index in [-0.39, 0.29) is 6.42 Å². The van der Waals surface area contributed by atoms with Gasteiger partial charge in [0.1, 0.15) is 6.10 Å². The van der Waals surface area contributed by atoms with Crippen LogP contribution in [-0.4, -0.2) is 23.4 Å². The van der Waals surface area contributed by atoms with Crippen molar-refractivity contribution in [3.05, 3.63) is 90.3 Å². The molecule has 0 bridgehead atoms. The van der Waals surface area contributed by atoms with Crippen molar-refractivity contribution >= 4 is 40.8 Å². The van der Waals surface area contributed by atoms with Crippen molar-refractivity contribution in [3.63, 3.8) is 0 Å². The molecule has 0 aliphatic carbocycles. The number of nitrogens with one attached hydrogen (secondary N) is 2. The second-order valence-electron chi connectivity index (χ2n) is 7.17. The van der Waals surface area contributed by atoms with E-state index >= 15 is 0 Å². The molecule has 1 atom stereocenters. The lowest BCUT2D eigenvalue weighted by atomic mass is 10.1. The standard InChI is InChI=1S/C25H24FN3O4S/c1-34-18-12-10-17(11-13-18)28-25(32)33-23(16-9-14-22(30)19(26)15-16)7-4-8-24(31)29-21-6-3-2-5-20(21)27/h2-6,8-15,23,30H,7,27H2,1H3,(H,28,32)(H,29,31)/b8-4+/t23-/m0/s1. The van der Waals surface area contributed by atoms with Crippen molar-refractivity contribution < 1.29 is 23.8 Å². The van der Waals surface area contributed by atoms with Gasteiger partial charge >= 0.3 is 6.09 Å². The number of nitrogens with two attached hydrogens (primary N) is 1. The van der Waals surface area contributed by atoms with E-state index < -0.39 is 29.7 Å². The third-order valence-electron chi connectivity index (χ3n) is 4.77. The van der Waals surface area contributed by atoms with Gasteiger partial charge in [-0.2, -0.15) is 0 Å². The highest BCUT2D eigenvalue weighted by atomic mass is 32.2. The van der Waals surface area contributed by atoms with E-state index in [1.807, 2.05) is 18.4 Å². The van der Waals surface area contributed by atoms with Gasteiger partial charge in [0, 0.05) is 17.0 Å². The number of ether oxygens (including phenoxy) is 1. The van der Waals surface area contributed by atoms with Gasteiger partial charge in [-0.05, 0) is 66.4 Å². The number of carbonyl (C=O) groups is 2. The molecule has 0 heterocycles. The summed E-state index contributed by atoms with van der Waals surface area (Å²) in [5, 5.41) is 14.8. The number of anilines is 3. The average Bonchev–Trinajstić information content (AvgIpc) is 2.82. The van der Waals surface area contributed by atoms with E-state index in [4.69, 9.17) is 10.5 Å². The van der Waals surface area contributed by atoms with Crippen LogP contribution in [-0.2, 0) is 9.53 Å². The Hall–Kier alpha value is -3.98. The van der Waals surface area contributed by atoms with E-state index in [1.54, 1.807) is 48.2 Å². The number of rotatable bonds is 8. The second-order valence-corrected chi connectivity index (χ2v) is 8.05. The summed E-state index contributed by atoms with van der Waals surface area (Å²) in [7, 11) is 0. The molecule has 0 aromatic heterocycles. The first-order chi connectivity index (χ1) is 16.4. The largest absolute Gasteiger partial charge is 0.505 e. The van der Waals surface area contributed by atoms with Crippen LogP contribution >= 0.6 is 11.8 Å². The Bertz CT molecular complexity index is 1190. The van der Waals surface area contributed by atoms with Crippen LogP contribution in [0.15, 0.2) is 83.8 Å². The van der Waals surface area contributed by atoms with Crippen molar-refractivity contribution in [3.8, 4) is 5.75 Å². The molecule has 3 aromatic rings. The molecule has 5 N–H and O–H groups in total. The lowest BCUT2D eigenvalue weighted by Crippen LogP contribution is -2.17. The zero-order chi connectivity index (χ0) is 24.5. The lowest BCUT2D eigenvalue weighted by molar-refractivity contribution is -0.111. The van der Waals surface area contributed by atoms with Crippen LogP contribution in [0.5, 0.6) is 5.75 Å². The van der Waals surface area contributed by atoms with Gasteiger partial charge in [-0.25, -0.2) is 9.18 Å². The average molecular weight is 482 g/mol. The molecule has 7 nitrogen and oxygen atoms in total. The molecular weight excluding hydrogens is 457 g/mol. The summed E-state index contributed by atoms with van der Waals surface area (Å²) in [6.07, 6.45) is 3.15. The van der Waals surface area contributed by atoms with E-state index in [0.717, 1.165) is 11.0 Å². The number of hydrogen-bond donors (Lipinski definition) is 4. The third-order valence-corrected chi connectivity index (χ3v) is 5.51. The molecule has 9 heteroatoms. The fourth-order valence-corrected chi connectivity index (χ4v) is 3.42. The Kier molecular flexibility index (Phi) is 8.53. The topological polar surface area (TPSA) is 114 Å². The Balaban J connectivity index is 1.69. The molecule has 34 heavy (non-hydrogen) atoms. The zero-order valence-corrected chi connectivity index (χ0v) is 19.1. The Morgan fingerprint density at radius 2 is 1.85 bits per heavy atom. The van der Waals surface area contributed by atoms with E-state index in [0.29, 0.717) is 22.6 Å². The van der Waals surface area contributed by atoms with Crippen LogP contribution in [0.1, 0.15) is 18.1 Å². The van der Waals surface area contributed by atoms with E-state index in [2.05, 4.69) is 10.6 Å². The van der Waals surface area contributed by atoms with Crippen LogP contribution < -0.4 is 16.4 Å². The van der Waals surface area contributed by atoms with Gasteiger partial charge in [0.2, 0.25) is 5.91 Å². The fraction of sp³-hybridized carbons (Fsp3) is 0.120. The van der Waals surface area contributed by atoms with Crippen LogP contribution in [0.3, 0.4) is 0 Å². The number of amides is 2. The number of hydrogen-bond acceptors (Lipinski definition) is 6. The molecule has 2 amide bonds. The van der Waals surface area contributed by atoms with Crippen molar-refractivity contribution in [1.29, 1.82) is 0 Å². The Labute approximate surface area is 200 Å². The molecular formula is C25H24FN3O4S. The molecule has 176 valence electrons. The molecule has 0 saturated carbocycles. The number of aromatic hydroxyl groups is 1. The SMILES string of the molecule is CSc1ccc(NC(=O)O[C@@H](C/C=C/C(=O)Nc2ccccc2N)c2ccc(O)c(F)c2)cc1. The second kappa shape index (κ2) is 11.8. The summed E-state index contributed by atoms with van der Waals surface area (Å²) >= 11 is 1.57. The fourth-order valence-electron chi connectivity index (χ4n) is 3.01. The highest BCUT2D eigenvalue weighted by molar-refractivity contribution is 7.98. The first kappa shape index (κ1) is 24.7. The summed E-state index contributed by atoms with van der Waals surface area (Å²) < 4.78 is 19.4. The first-order valence-electron chi connectivity index (χ1n) is 10.3. The number of halogens is 1. The highest BCUT2D eigenvalue weighted by Crippen LogP contribution is 2.27. The summed E-state index contributed by atoms with van der Waals surface area (Å²) in [6.45, 7) is 0. The van der Waals surface area contributed by atoms with Crippen LogP contribution in [0, 0.1) is 5.82 Å². The molecule has 0 radical (unpaired) electrons. The number of carbonyl (C=O) groups excluding carboxylic acids is 2. The minimum Gasteiger partial charge on any atom is -0.505 e. The number of para-hydroxylation sites is 2. The maximum absolute atomic E-state index is 13.9. The monoisotopic (exact) mass is 481 g/mol. The molecule has 0 saturated heterocycles. The van der Waals surface area contributed by atoms with Crippen molar-refractivity contribution in [2.45, 2.75) is 17.4 Å². The summed E-state index contributed by atoms with van der Waals surface area (Å²) in [4.78, 5) is 25.7. The predicted octanol–water partition coefficient (Wildman–Crippen LogP) is 5.71. The maximum atomic E-state index is 13.9. The first-order valence-corrected chi connectivity index (χ1v) is 11.5. The molecule has 3 aromatic carbocycles. The van der Waals surface area contributed by atoms with Gasteiger partial charge in [0.15, 0.2) is 11.6 Å². The molecule has 0 aliphatic rings. The number of benzene rings is 3. The van der Waals surface area contributed by atoms with Gasteiger partial charge in [-0.1, -0.05) is 24.3 Å². The maximum Gasteiger partial charge on any atom is 0.412 e. The number of thioether (sulfide) groups is 1. The molecule has 3 rings (SSSR count). The third kappa shape index (κ3) is 7.01. The van der Waals surface area contributed by atoms with E-state index in [1.165, 1.54) is 24.3 Å². The number of phenols is 1. The normalized spacial score (nSPS) is 11.7. The van der Waals surface area contributed by atoms with Crippen molar-refractivity contribution in [2.75, 3.05) is 22.6 Å².